The highest BCUT2D eigenvalue weighted by Crippen LogP contribution is 2.20. The summed E-state index contributed by atoms with van der Waals surface area (Å²) in [6.45, 7) is 1.81. The van der Waals surface area contributed by atoms with E-state index in [-0.39, 0.29) is 30.0 Å². The van der Waals surface area contributed by atoms with Crippen molar-refractivity contribution in [2.45, 2.75) is 39.1 Å². The van der Waals surface area contributed by atoms with Gasteiger partial charge in [0.05, 0.1) is 0 Å². The Morgan fingerprint density at radius 3 is 2.16 bits per heavy atom. The average Bonchev–Trinajstić information content (AvgIpc) is 2.65. The number of carbonyl (C=O) groups is 3. The zero-order valence-electron chi connectivity index (χ0n) is 16.8. The number of hydrogen-bond acceptors (Lipinski definition) is 6. The number of carboxylic acids is 2. The van der Waals surface area contributed by atoms with Crippen molar-refractivity contribution in [3.8, 4) is 5.75 Å². The fourth-order valence-corrected chi connectivity index (χ4v) is 2.67. The summed E-state index contributed by atoms with van der Waals surface area (Å²) in [5.74, 6) is -3.56. The predicted octanol–water partition coefficient (Wildman–Crippen LogP) is 2.46. The van der Waals surface area contributed by atoms with E-state index < -0.39 is 30.5 Å². The SMILES string of the molecule is C[C@@H]1CNC[C@H](C)N1C(=O)OCc1ccc(OC(F)F)cc1F.O=C(O)/C=C/C(=O)O. The number of aliphatic carboxylic acids is 2. The van der Waals surface area contributed by atoms with Crippen LogP contribution in [-0.2, 0) is 20.9 Å². The number of carboxylic acid groups (broad SMARTS) is 2. The number of amides is 1. The molecular formula is C19H23F3N2O7. The number of ether oxygens (including phenoxy) is 2. The first-order valence-electron chi connectivity index (χ1n) is 9.04. The second kappa shape index (κ2) is 12.4. The van der Waals surface area contributed by atoms with Gasteiger partial charge in [0.15, 0.2) is 0 Å². The Bertz CT molecular complexity index is 779. The smallest absolute Gasteiger partial charge is 0.410 e. The first-order chi connectivity index (χ1) is 14.5. The first-order valence-corrected chi connectivity index (χ1v) is 9.04. The highest BCUT2D eigenvalue weighted by molar-refractivity contribution is 5.89. The summed E-state index contributed by atoms with van der Waals surface area (Å²) in [6, 6.07) is 3.24. The number of benzene rings is 1. The van der Waals surface area contributed by atoms with E-state index in [4.69, 9.17) is 14.9 Å². The lowest BCUT2D eigenvalue weighted by Gasteiger charge is -2.38. The maximum Gasteiger partial charge on any atom is 0.410 e. The lowest BCUT2D eigenvalue weighted by Crippen LogP contribution is -2.57. The van der Waals surface area contributed by atoms with Crippen LogP contribution in [0.5, 0.6) is 5.75 Å². The van der Waals surface area contributed by atoms with Crippen molar-refractivity contribution in [2.24, 2.45) is 0 Å². The molecule has 1 saturated heterocycles. The molecule has 1 aromatic carbocycles. The number of alkyl halides is 2. The molecule has 2 rings (SSSR count). The summed E-state index contributed by atoms with van der Waals surface area (Å²) in [5.41, 5.74) is 0.0930. The lowest BCUT2D eigenvalue weighted by atomic mass is 10.1. The van der Waals surface area contributed by atoms with Gasteiger partial charge >= 0.3 is 24.6 Å². The quantitative estimate of drug-likeness (QED) is 0.567. The number of halogens is 3. The van der Waals surface area contributed by atoms with Crippen LogP contribution in [0.15, 0.2) is 30.4 Å². The Morgan fingerprint density at radius 1 is 1.16 bits per heavy atom. The van der Waals surface area contributed by atoms with E-state index in [0.29, 0.717) is 25.2 Å². The van der Waals surface area contributed by atoms with Crippen LogP contribution in [0, 0.1) is 5.82 Å². The van der Waals surface area contributed by atoms with Gasteiger partial charge in [-0.25, -0.2) is 18.8 Å². The van der Waals surface area contributed by atoms with E-state index >= 15 is 0 Å². The van der Waals surface area contributed by atoms with Crippen LogP contribution in [0.1, 0.15) is 19.4 Å². The molecule has 1 aliphatic rings. The fraction of sp³-hybridized carbons (Fsp3) is 0.421. The number of rotatable bonds is 6. The predicted molar refractivity (Wildman–Crippen MR) is 101 cm³/mol. The number of hydrogen-bond donors (Lipinski definition) is 3. The second-order valence-corrected chi connectivity index (χ2v) is 6.46. The van der Waals surface area contributed by atoms with Crippen molar-refractivity contribution in [1.29, 1.82) is 0 Å². The molecule has 0 spiro atoms. The zero-order valence-corrected chi connectivity index (χ0v) is 16.8. The second-order valence-electron chi connectivity index (χ2n) is 6.46. The Balaban J connectivity index is 0.000000512. The third-order valence-corrected chi connectivity index (χ3v) is 4.01. The molecule has 0 aromatic heterocycles. The molecule has 0 bridgehead atoms. The molecule has 12 heteroatoms. The van der Waals surface area contributed by atoms with Gasteiger partial charge in [-0.1, -0.05) is 0 Å². The molecule has 0 unspecified atom stereocenters. The van der Waals surface area contributed by atoms with Crippen molar-refractivity contribution in [3.05, 3.63) is 41.7 Å². The third-order valence-electron chi connectivity index (χ3n) is 4.01. The topological polar surface area (TPSA) is 125 Å². The number of nitrogens with zero attached hydrogens (tertiary/aromatic N) is 1. The van der Waals surface area contributed by atoms with Crippen LogP contribution >= 0.6 is 0 Å². The highest BCUT2D eigenvalue weighted by atomic mass is 19.3. The Hall–Kier alpha value is -3.28. The molecular weight excluding hydrogens is 425 g/mol. The van der Waals surface area contributed by atoms with E-state index in [9.17, 15) is 27.6 Å². The molecule has 0 radical (unpaired) electrons. The maximum atomic E-state index is 13.8. The Morgan fingerprint density at radius 2 is 1.71 bits per heavy atom. The van der Waals surface area contributed by atoms with Gasteiger partial charge in [0.25, 0.3) is 0 Å². The molecule has 3 N–H and O–H groups in total. The lowest BCUT2D eigenvalue weighted by molar-refractivity contribution is -0.134. The van der Waals surface area contributed by atoms with Crippen LogP contribution in [0.2, 0.25) is 0 Å². The van der Waals surface area contributed by atoms with Gasteiger partial charge in [0.2, 0.25) is 0 Å². The molecule has 1 aliphatic heterocycles. The summed E-state index contributed by atoms with van der Waals surface area (Å²) in [7, 11) is 0. The van der Waals surface area contributed by atoms with Crippen LogP contribution in [0.4, 0.5) is 18.0 Å². The largest absolute Gasteiger partial charge is 0.478 e. The maximum absolute atomic E-state index is 13.8. The molecule has 9 nitrogen and oxygen atoms in total. The zero-order chi connectivity index (χ0) is 23.6. The van der Waals surface area contributed by atoms with E-state index in [0.717, 1.165) is 6.07 Å². The van der Waals surface area contributed by atoms with E-state index in [1.165, 1.54) is 12.1 Å². The molecule has 1 heterocycles. The minimum Gasteiger partial charge on any atom is -0.478 e. The molecule has 0 saturated carbocycles. The average molecular weight is 448 g/mol. The summed E-state index contributed by atoms with van der Waals surface area (Å²) in [4.78, 5) is 32.9. The van der Waals surface area contributed by atoms with Gasteiger partial charge in [0.1, 0.15) is 18.2 Å². The standard InChI is InChI=1S/C15H19F3N2O3.C4H4O4/c1-9-6-19-7-10(2)20(9)15(21)22-8-11-3-4-12(5-13(11)16)23-14(17)18;5-3(6)1-2-4(7)8/h3-5,9-10,14,19H,6-8H2,1-2H3;1-2H,(H,5,6)(H,7,8)/b;2-1+/t9-,10+;. The first kappa shape index (κ1) is 25.8. The van der Waals surface area contributed by atoms with Crippen LogP contribution in [0.25, 0.3) is 0 Å². The summed E-state index contributed by atoms with van der Waals surface area (Å²) in [6.07, 6.45) is 0.587. The fourth-order valence-electron chi connectivity index (χ4n) is 2.67. The van der Waals surface area contributed by atoms with Crippen LogP contribution < -0.4 is 10.1 Å². The van der Waals surface area contributed by atoms with Crippen LogP contribution in [0.3, 0.4) is 0 Å². The van der Waals surface area contributed by atoms with Crippen molar-refractivity contribution in [1.82, 2.24) is 10.2 Å². The van der Waals surface area contributed by atoms with E-state index in [2.05, 4.69) is 10.1 Å². The number of carbonyl (C=O) groups excluding carboxylic acids is 1. The summed E-state index contributed by atoms with van der Waals surface area (Å²) in [5, 5.41) is 18.8. The molecule has 0 aliphatic carbocycles. The Labute approximate surface area is 176 Å². The van der Waals surface area contributed by atoms with Gasteiger partial charge in [0, 0.05) is 49.0 Å². The normalized spacial score (nSPS) is 18.3. The van der Waals surface area contributed by atoms with Gasteiger partial charge < -0.3 is 29.9 Å². The minimum atomic E-state index is -3.02. The highest BCUT2D eigenvalue weighted by Gasteiger charge is 2.30. The minimum absolute atomic E-state index is 0.0297. The van der Waals surface area contributed by atoms with Crippen molar-refractivity contribution in [2.75, 3.05) is 13.1 Å². The van der Waals surface area contributed by atoms with Gasteiger partial charge in [-0.2, -0.15) is 8.78 Å². The molecule has 31 heavy (non-hydrogen) atoms. The van der Waals surface area contributed by atoms with Crippen LogP contribution in [-0.4, -0.2) is 64.9 Å². The monoisotopic (exact) mass is 448 g/mol. The third kappa shape index (κ3) is 9.38. The van der Waals surface area contributed by atoms with Crippen molar-refractivity contribution < 1.29 is 47.2 Å². The molecule has 172 valence electrons. The number of piperazine rings is 1. The van der Waals surface area contributed by atoms with Gasteiger partial charge in [-0.05, 0) is 26.0 Å². The molecule has 2 atom stereocenters. The van der Waals surface area contributed by atoms with Crippen molar-refractivity contribution in [3.63, 3.8) is 0 Å². The molecule has 1 aromatic rings. The molecule has 1 amide bonds. The van der Waals surface area contributed by atoms with E-state index in [1.54, 1.807) is 4.90 Å². The molecule has 1 fully saturated rings. The summed E-state index contributed by atoms with van der Waals surface area (Å²) >= 11 is 0. The van der Waals surface area contributed by atoms with Crippen molar-refractivity contribution >= 4 is 18.0 Å². The van der Waals surface area contributed by atoms with E-state index in [1.807, 2.05) is 13.8 Å². The van der Waals surface area contributed by atoms with Gasteiger partial charge in [-0.3, -0.25) is 0 Å². The summed E-state index contributed by atoms with van der Waals surface area (Å²) < 4.78 is 47.2. The number of nitrogens with one attached hydrogen (secondary N) is 1. The van der Waals surface area contributed by atoms with Gasteiger partial charge in [-0.15, -0.1) is 0 Å². The Kier molecular flexibility index (Phi) is 10.3.